The van der Waals surface area contributed by atoms with Crippen LogP contribution >= 0.6 is 0 Å². The quantitative estimate of drug-likeness (QED) is 0.757. The van der Waals surface area contributed by atoms with Crippen LogP contribution in [0.15, 0.2) is 48.7 Å². The van der Waals surface area contributed by atoms with E-state index in [0.717, 1.165) is 36.6 Å². The van der Waals surface area contributed by atoms with E-state index in [1.165, 1.54) is 25.9 Å². The van der Waals surface area contributed by atoms with Crippen LogP contribution in [0.3, 0.4) is 0 Å². The molecule has 2 heterocycles. The molecule has 1 aliphatic heterocycles. The standard InChI is InChI=1S/C18H22N2O/c1-2-11-19-18(6-1)16-7-9-17(10-8-16)21-15-5-14-20-12-3-4-13-20/h1-2,6-11H,3-5,12-15H2. The molecule has 0 bridgehead atoms. The molecule has 110 valence electrons. The summed E-state index contributed by atoms with van der Waals surface area (Å²) < 4.78 is 5.81. The molecule has 3 heteroatoms. The van der Waals surface area contributed by atoms with Crippen LogP contribution in [0.2, 0.25) is 0 Å². The molecule has 0 spiro atoms. The number of hydrogen-bond donors (Lipinski definition) is 0. The predicted octanol–water partition coefficient (Wildman–Crippen LogP) is 3.61. The largest absolute Gasteiger partial charge is 0.494 e. The van der Waals surface area contributed by atoms with Gasteiger partial charge in [0.05, 0.1) is 12.3 Å². The summed E-state index contributed by atoms with van der Waals surface area (Å²) in [7, 11) is 0. The summed E-state index contributed by atoms with van der Waals surface area (Å²) in [5.41, 5.74) is 2.12. The van der Waals surface area contributed by atoms with Crippen LogP contribution in [0.4, 0.5) is 0 Å². The van der Waals surface area contributed by atoms with E-state index in [2.05, 4.69) is 22.0 Å². The lowest BCUT2D eigenvalue weighted by Gasteiger charge is -2.14. The number of rotatable bonds is 6. The van der Waals surface area contributed by atoms with Crippen LogP contribution in [0.1, 0.15) is 19.3 Å². The van der Waals surface area contributed by atoms with Gasteiger partial charge in [0.15, 0.2) is 0 Å². The zero-order valence-electron chi connectivity index (χ0n) is 12.4. The molecule has 1 fully saturated rings. The van der Waals surface area contributed by atoms with Crippen LogP contribution in [0.25, 0.3) is 11.3 Å². The summed E-state index contributed by atoms with van der Waals surface area (Å²) in [6.07, 6.45) is 5.63. The van der Waals surface area contributed by atoms with E-state index >= 15 is 0 Å². The fourth-order valence-electron chi connectivity index (χ4n) is 2.74. The van der Waals surface area contributed by atoms with Gasteiger partial charge in [-0.15, -0.1) is 0 Å². The number of aromatic nitrogens is 1. The smallest absolute Gasteiger partial charge is 0.119 e. The van der Waals surface area contributed by atoms with Gasteiger partial charge in [-0.2, -0.15) is 0 Å². The molecule has 0 saturated carbocycles. The van der Waals surface area contributed by atoms with E-state index in [-0.39, 0.29) is 0 Å². The molecule has 2 aromatic rings. The first-order chi connectivity index (χ1) is 10.4. The summed E-state index contributed by atoms with van der Waals surface area (Å²) in [4.78, 5) is 6.87. The zero-order chi connectivity index (χ0) is 14.3. The molecular formula is C18H22N2O. The molecule has 0 N–H and O–H groups in total. The Morgan fingerprint density at radius 1 is 1.00 bits per heavy atom. The number of pyridine rings is 1. The van der Waals surface area contributed by atoms with Gasteiger partial charge >= 0.3 is 0 Å². The van der Waals surface area contributed by atoms with Gasteiger partial charge in [0.1, 0.15) is 5.75 Å². The van der Waals surface area contributed by atoms with Crippen molar-refractivity contribution in [1.29, 1.82) is 0 Å². The summed E-state index contributed by atoms with van der Waals surface area (Å²) in [6.45, 7) is 4.48. The van der Waals surface area contributed by atoms with Crippen LogP contribution in [-0.4, -0.2) is 36.1 Å². The van der Waals surface area contributed by atoms with Gasteiger partial charge in [-0.05, 0) is 68.8 Å². The second kappa shape index (κ2) is 7.23. The predicted molar refractivity (Wildman–Crippen MR) is 85.5 cm³/mol. The molecule has 0 aliphatic carbocycles. The highest BCUT2D eigenvalue weighted by molar-refractivity contribution is 5.59. The molecule has 0 unspecified atom stereocenters. The number of benzene rings is 1. The van der Waals surface area contributed by atoms with Crippen molar-refractivity contribution in [3.63, 3.8) is 0 Å². The van der Waals surface area contributed by atoms with Crippen LogP contribution in [0.5, 0.6) is 5.75 Å². The summed E-state index contributed by atoms with van der Waals surface area (Å²) in [6, 6.07) is 14.1. The topological polar surface area (TPSA) is 25.4 Å². The van der Waals surface area contributed by atoms with Gasteiger partial charge in [0, 0.05) is 18.3 Å². The molecule has 1 aromatic carbocycles. The van der Waals surface area contributed by atoms with Gasteiger partial charge in [0.2, 0.25) is 0 Å². The van der Waals surface area contributed by atoms with Crippen LogP contribution < -0.4 is 4.74 Å². The van der Waals surface area contributed by atoms with Crippen molar-refractivity contribution in [3.8, 4) is 17.0 Å². The third kappa shape index (κ3) is 4.05. The first kappa shape index (κ1) is 14.1. The average Bonchev–Trinajstić information content (AvgIpc) is 3.06. The molecular weight excluding hydrogens is 260 g/mol. The van der Waals surface area contributed by atoms with Gasteiger partial charge in [-0.3, -0.25) is 4.98 Å². The molecule has 3 rings (SSSR count). The van der Waals surface area contributed by atoms with Crippen molar-refractivity contribution >= 4 is 0 Å². The lowest BCUT2D eigenvalue weighted by Crippen LogP contribution is -2.21. The molecule has 0 atom stereocenters. The maximum Gasteiger partial charge on any atom is 0.119 e. The highest BCUT2D eigenvalue weighted by atomic mass is 16.5. The number of nitrogens with zero attached hydrogens (tertiary/aromatic N) is 2. The Bertz CT molecular complexity index is 533. The molecule has 3 nitrogen and oxygen atoms in total. The minimum absolute atomic E-state index is 0.791. The summed E-state index contributed by atoms with van der Waals surface area (Å²) in [5.74, 6) is 0.941. The second-order valence-corrected chi connectivity index (χ2v) is 5.49. The Morgan fingerprint density at radius 2 is 1.81 bits per heavy atom. The van der Waals surface area contributed by atoms with E-state index in [4.69, 9.17) is 4.74 Å². The average molecular weight is 282 g/mol. The van der Waals surface area contributed by atoms with E-state index in [1.54, 1.807) is 0 Å². The minimum Gasteiger partial charge on any atom is -0.494 e. The maximum absolute atomic E-state index is 5.81. The zero-order valence-corrected chi connectivity index (χ0v) is 12.4. The molecule has 0 radical (unpaired) electrons. The van der Waals surface area contributed by atoms with E-state index in [1.807, 2.05) is 36.5 Å². The molecule has 1 aliphatic rings. The Kier molecular flexibility index (Phi) is 4.85. The number of hydrogen-bond acceptors (Lipinski definition) is 3. The Morgan fingerprint density at radius 3 is 2.52 bits per heavy atom. The van der Waals surface area contributed by atoms with Crippen LogP contribution in [-0.2, 0) is 0 Å². The van der Waals surface area contributed by atoms with Gasteiger partial charge < -0.3 is 9.64 Å². The fourth-order valence-corrected chi connectivity index (χ4v) is 2.74. The Balaban J connectivity index is 1.46. The van der Waals surface area contributed by atoms with Gasteiger partial charge in [-0.1, -0.05) is 6.07 Å². The third-order valence-electron chi connectivity index (χ3n) is 3.90. The highest BCUT2D eigenvalue weighted by Crippen LogP contribution is 2.20. The van der Waals surface area contributed by atoms with Crippen molar-refractivity contribution in [2.24, 2.45) is 0 Å². The highest BCUT2D eigenvalue weighted by Gasteiger charge is 2.10. The van der Waals surface area contributed by atoms with Gasteiger partial charge in [0.25, 0.3) is 0 Å². The molecule has 21 heavy (non-hydrogen) atoms. The lowest BCUT2D eigenvalue weighted by molar-refractivity contribution is 0.263. The van der Waals surface area contributed by atoms with Gasteiger partial charge in [-0.25, -0.2) is 0 Å². The lowest BCUT2D eigenvalue weighted by atomic mass is 10.1. The monoisotopic (exact) mass is 282 g/mol. The molecule has 1 aromatic heterocycles. The minimum atomic E-state index is 0.791. The third-order valence-corrected chi connectivity index (χ3v) is 3.90. The summed E-state index contributed by atoms with van der Waals surface area (Å²) in [5, 5.41) is 0. The van der Waals surface area contributed by atoms with E-state index < -0.39 is 0 Å². The second-order valence-electron chi connectivity index (χ2n) is 5.49. The normalized spacial score (nSPS) is 15.2. The fraction of sp³-hybridized carbons (Fsp3) is 0.389. The van der Waals surface area contributed by atoms with E-state index in [9.17, 15) is 0 Å². The molecule has 0 amide bonds. The Hall–Kier alpha value is -1.87. The first-order valence-electron chi connectivity index (χ1n) is 7.78. The number of likely N-dealkylation sites (tertiary alicyclic amines) is 1. The Labute approximate surface area is 126 Å². The van der Waals surface area contributed by atoms with E-state index in [0.29, 0.717) is 0 Å². The van der Waals surface area contributed by atoms with Crippen molar-refractivity contribution < 1.29 is 4.74 Å². The van der Waals surface area contributed by atoms with Crippen molar-refractivity contribution in [1.82, 2.24) is 9.88 Å². The SMILES string of the molecule is c1ccc(-c2ccc(OCCCN3CCCC3)cc2)nc1. The van der Waals surface area contributed by atoms with Crippen molar-refractivity contribution in [2.45, 2.75) is 19.3 Å². The van der Waals surface area contributed by atoms with Crippen molar-refractivity contribution in [3.05, 3.63) is 48.7 Å². The van der Waals surface area contributed by atoms with Crippen LogP contribution in [0, 0.1) is 0 Å². The van der Waals surface area contributed by atoms with Crippen molar-refractivity contribution in [2.75, 3.05) is 26.2 Å². The number of ether oxygens (including phenoxy) is 1. The summed E-state index contributed by atoms with van der Waals surface area (Å²) >= 11 is 0. The maximum atomic E-state index is 5.81. The first-order valence-corrected chi connectivity index (χ1v) is 7.78. The molecule has 1 saturated heterocycles.